The molecule has 1 heterocycles. The van der Waals surface area contributed by atoms with Gasteiger partial charge in [0.1, 0.15) is 5.75 Å². The average molecular weight is 357 g/mol. The zero-order valence-electron chi connectivity index (χ0n) is 12.7. The molecule has 2 N–H and O–H groups in total. The van der Waals surface area contributed by atoms with Crippen LogP contribution in [0.1, 0.15) is 17.2 Å². The topological polar surface area (TPSA) is 40.2 Å². The molecule has 3 nitrogen and oxygen atoms in total. The van der Waals surface area contributed by atoms with E-state index in [2.05, 4.69) is 4.74 Å². The van der Waals surface area contributed by atoms with Gasteiger partial charge < -0.3 is 15.0 Å². The van der Waals surface area contributed by atoms with Crippen molar-refractivity contribution in [2.75, 3.05) is 0 Å². The lowest BCUT2D eigenvalue weighted by atomic mass is 9.99. The zero-order chi connectivity index (χ0) is 16.6. The zero-order valence-corrected chi connectivity index (χ0v) is 13.6. The van der Waals surface area contributed by atoms with E-state index in [0.29, 0.717) is 0 Å². The molecule has 0 bridgehead atoms. The van der Waals surface area contributed by atoms with Crippen LogP contribution in [0.2, 0.25) is 0 Å². The van der Waals surface area contributed by atoms with Crippen LogP contribution in [0.15, 0.2) is 54.7 Å². The van der Waals surface area contributed by atoms with Crippen molar-refractivity contribution in [2.24, 2.45) is 12.8 Å². The lowest BCUT2D eigenvalue weighted by Gasteiger charge is -2.13. The summed E-state index contributed by atoms with van der Waals surface area (Å²) in [7, 11) is 1.93. The molecular weight excluding hydrogens is 341 g/mol. The van der Waals surface area contributed by atoms with Gasteiger partial charge in [-0.05, 0) is 29.3 Å². The predicted molar refractivity (Wildman–Crippen MR) is 89.3 cm³/mol. The molecule has 2 aromatic carbocycles. The van der Waals surface area contributed by atoms with E-state index in [9.17, 15) is 13.2 Å². The number of alkyl halides is 3. The minimum absolute atomic E-state index is 0. The molecule has 128 valence electrons. The third-order valence-electron chi connectivity index (χ3n) is 3.74. The summed E-state index contributed by atoms with van der Waals surface area (Å²) in [6.07, 6.45) is -2.76. The molecule has 0 spiro atoms. The second kappa shape index (κ2) is 6.75. The van der Waals surface area contributed by atoms with Gasteiger partial charge in [0.25, 0.3) is 0 Å². The number of rotatable bonds is 3. The van der Waals surface area contributed by atoms with E-state index in [1.54, 1.807) is 12.1 Å². The van der Waals surface area contributed by atoms with Crippen molar-refractivity contribution in [1.82, 2.24) is 4.57 Å². The summed E-state index contributed by atoms with van der Waals surface area (Å²) in [4.78, 5) is 0. The van der Waals surface area contributed by atoms with Crippen molar-refractivity contribution in [3.05, 3.63) is 65.9 Å². The number of halogens is 4. The summed E-state index contributed by atoms with van der Waals surface area (Å²) in [5.74, 6) is -0.258. The Balaban J connectivity index is 0.00000208. The number of aromatic nitrogens is 1. The molecule has 0 radical (unpaired) electrons. The maximum absolute atomic E-state index is 12.2. The Morgan fingerprint density at radius 3 is 2.29 bits per heavy atom. The Bertz CT molecular complexity index is 828. The fourth-order valence-corrected chi connectivity index (χ4v) is 2.68. The van der Waals surface area contributed by atoms with Crippen LogP contribution in [0, 0.1) is 0 Å². The van der Waals surface area contributed by atoms with Crippen LogP contribution in [0.5, 0.6) is 5.75 Å². The third kappa shape index (κ3) is 3.66. The summed E-state index contributed by atoms with van der Waals surface area (Å²) in [6.45, 7) is 0. The van der Waals surface area contributed by atoms with E-state index < -0.39 is 12.4 Å². The predicted octanol–water partition coefficient (Wildman–Crippen LogP) is 4.55. The molecule has 24 heavy (non-hydrogen) atoms. The molecule has 1 atom stereocenters. The maximum Gasteiger partial charge on any atom is 0.573 e. The summed E-state index contributed by atoms with van der Waals surface area (Å²) < 4.78 is 42.4. The van der Waals surface area contributed by atoms with E-state index >= 15 is 0 Å². The highest BCUT2D eigenvalue weighted by Gasteiger charge is 2.31. The van der Waals surface area contributed by atoms with Gasteiger partial charge in [-0.15, -0.1) is 25.6 Å². The summed E-state index contributed by atoms with van der Waals surface area (Å²) in [5, 5.41) is 1.03. The Morgan fingerprint density at radius 2 is 1.67 bits per heavy atom. The highest BCUT2D eigenvalue weighted by atomic mass is 35.5. The summed E-state index contributed by atoms with van der Waals surface area (Å²) >= 11 is 0. The van der Waals surface area contributed by atoms with Gasteiger partial charge in [-0.3, -0.25) is 0 Å². The van der Waals surface area contributed by atoms with Crippen LogP contribution in [0.4, 0.5) is 13.2 Å². The lowest BCUT2D eigenvalue weighted by molar-refractivity contribution is -0.274. The number of para-hydroxylation sites is 1. The van der Waals surface area contributed by atoms with Crippen molar-refractivity contribution in [3.63, 3.8) is 0 Å². The smallest absolute Gasteiger partial charge is 0.406 e. The number of ether oxygens (including phenoxy) is 1. The molecule has 0 saturated carbocycles. The van der Waals surface area contributed by atoms with Crippen molar-refractivity contribution in [1.29, 1.82) is 0 Å². The van der Waals surface area contributed by atoms with Gasteiger partial charge in [0.15, 0.2) is 0 Å². The number of hydrogen-bond donors (Lipinski definition) is 1. The number of nitrogens with two attached hydrogens (primary N) is 1. The van der Waals surface area contributed by atoms with Gasteiger partial charge in [-0.2, -0.15) is 0 Å². The van der Waals surface area contributed by atoms with Crippen LogP contribution in [-0.4, -0.2) is 10.9 Å². The highest BCUT2D eigenvalue weighted by molar-refractivity contribution is 5.85. The van der Waals surface area contributed by atoms with Gasteiger partial charge >= 0.3 is 6.36 Å². The molecule has 0 saturated heterocycles. The molecule has 0 amide bonds. The molecule has 3 rings (SSSR count). The standard InChI is InChI=1S/C17H15F3N2O.ClH/c1-22-10-14(13-4-2-3-5-15(13)22)16(21)11-6-8-12(9-7-11)23-17(18,19)20;/h2-10,16H,21H2,1H3;1H/t16-;/m0./s1. The number of hydrogen-bond acceptors (Lipinski definition) is 2. The Kier molecular flexibility index (Phi) is 5.11. The van der Waals surface area contributed by atoms with E-state index in [-0.39, 0.29) is 18.2 Å². The Labute approximate surface area is 143 Å². The fourth-order valence-electron chi connectivity index (χ4n) is 2.68. The van der Waals surface area contributed by atoms with E-state index in [1.165, 1.54) is 12.1 Å². The van der Waals surface area contributed by atoms with Crippen molar-refractivity contribution >= 4 is 23.3 Å². The number of benzene rings is 2. The van der Waals surface area contributed by atoms with Crippen LogP contribution in [-0.2, 0) is 7.05 Å². The molecule has 1 aromatic heterocycles. The fraction of sp³-hybridized carbons (Fsp3) is 0.176. The third-order valence-corrected chi connectivity index (χ3v) is 3.74. The van der Waals surface area contributed by atoms with Crippen LogP contribution >= 0.6 is 12.4 Å². The van der Waals surface area contributed by atoms with Crippen LogP contribution in [0.25, 0.3) is 10.9 Å². The van der Waals surface area contributed by atoms with E-state index in [4.69, 9.17) is 5.73 Å². The van der Waals surface area contributed by atoms with E-state index in [1.807, 2.05) is 42.1 Å². The number of nitrogens with zero attached hydrogens (tertiary/aromatic N) is 1. The lowest BCUT2D eigenvalue weighted by Crippen LogP contribution is -2.17. The molecule has 0 aliphatic rings. The molecule has 0 aliphatic carbocycles. The monoisotopic (exact) mass is 356 g/mol. The van der Waals surface area contributed by atoms with Crippen molar-refractivity contribution < 1.29 is 17.9 Å². The van der Waals surface area contributed by atoms with Crippen molar-refractivity contribution in [3.8, 4) is 5.75 Å². The minimum Gasteiger partial charge on any atom is -0.406 e. The van der Waals surface area contributed by atoms with E-state index in [0.717, 1.165) is 22.0 Å². The molecule has 0 fully saturated rings. The SMILES string of the molecule is Cl.Cn1cc([C@@H](N)c2ccc(OC(F)(F)F)cc2)c2ccccc21. The highest BCUT2D eigenvalue weighted by Crippen LogP contribution is 2.30. The second-order valence-electron chi connectivity index (χ2n) is 5.31. The first kappa shape index (κ1) is 18.2. The van der Waals surface area contributed by atoms with Crippen molar-refractivity contribution in [2.45, 2.75) is 12.4 Å². The Morgan fingerprint density at radius 1 is 1.04 bits per heavy atom. The minimum atomic E-state index is -4.70. The van der Waals surface area contributed by atoms with Gasteiger partial charge in [-0.25, -0.2) is 0 Å². The molecule has 3 aromatic rings. The number of aryl methyl sites for hydroxylation is 1. The largest absolute Gasteiger partial charge is 0.573 e. The summed E-state index contributed by atoms with van der Waals surface area (Å²) in [6, 6.07) is 13.1. The van der Waals surface area contributed by atoms with Gasteiger partial charge in [0.2, 0.25) is 0 Å². The van der Waals surface area contributed by atoms with Gasteiger partial charge in [-0.1, -0.05) is 30.3 Å². The first-order valence-electron chi connectivity index (χ1n) is 7.00. The molecule has 0 unspecified atom stereocenters. The first-order valence-corrected chi connectivity index (χ1v) is 7.00. The number of fused-ring (bicyclic) bond motifs is 1. The van der Waals surface area contributed by atoms with Gasteiger partial charge in [0, 0.05) is 24.1 Å². The quantitative estimate of drug-likeness (QED) is 0.748. The average Bonchev–Trinajstić information content (AvgIpc) is 2.83. The normalized spacial score (nSPS) is 12.7. The maximum atomic E-state index is 12.2. The van der Waals surface area contributed by atoms with Gasteiger partial charge in [0.05, 0.1) is 6.04 Å². The van der Waals surface area contributed by atoms with Crippen LogP contribution in [0.3, 0.4) is 0 Å². The molecule has 7 heteroatoms. The molecule has 0 aliphatic heterocycles. The first-order chi connectivity index (χ1) is 10.8. The second-order valence-corrected chi connectivity index (χ2v) is 5.31. The molecular formula is C17H16ClF3N2O. The summed E-state index contributed by atoms with van der Waals surface area (Å²) in [5.41, 5.74) is 8.99. The van der Waals surface area contributed by atoms with Crippen LogP contribution < -0.4 is 10.5 Å². The Hall–Kier alpha value is -2.18.